The fourth-order valence-corrected chi connectivity index (χ4v) is 3.17. The predicted molar refractivity (Wildman–Crippen MR) is 77.8 cm³/mol. The molecule has 5 nitrogen and oxygen atoms in total. The Morgan fingerprint density at radius 1 is 1.26 bits per heavy atom. The van der Waals surface area contributed by atoms with Gasteiger partial charge in [0.25, 0.3) is 5.91 Å². The first-order valence-corrected chi connectivity index (χ1v) is 8.26. The number of carbonyl (C=O) groups excluding carboxylic acids is 1. The highest BCUT2D eigenvalue weighted by Gasteiger charge is 2.15. The molecule has 0 aliphatic carbocycles. The molecule has 0 saturated heterocycles. The normalized spacial score (nSPS) is 11.3. The van der Waals surface area contributed by atoms with Gasteiger partial charge in [-0.3, -0.25) is 4.79 Å². The van der Waals surface area contributed by atoms with Crippen LogP contribution in [-0.4, -0.2) is 14.3 Å². The lowest BCUT2D eigenvalue weighted by Crippen LogP contribution is -2.12. The van der Waals surface area contributed by atoms with Gasteiger partial charge in [-0.25, -0.2) is 13.6 Å². The Balaban J connectivity index is 2.16. The van der Waals surface area contributed by atoms with Crippen LogP contribution >= 0.6 is 27.3 Å². The topological polar surface area (TPSA) is 89.3 Å². The molecule has 0 fully saturated rings. The van der Waals surface area contributed by atoms with Crippen molar-refractivity contribution in [3.05, 3.63) is 45.7 Å². The van der Waals surface area contributed by atoms with Crippen molar-refractivity contribution in [2.75, 3.05) is 5.32 Å². The molecule has 3 N–H and O–H groups in total. The average molecular weight is 361 g/mol. The Morgan fingerprint density at radius 2 is 1.89 bits per heavy atom. The summed E-state index contributed by atoms with van der Waals surface area (Å²) in [6.07, 6.45) is 0. The van der Waals surface area contributed by atoms with E-state index in [1.165, 1.54) is 11.4 Å². The quantitative estimate of drug-likeness (QED) is 0.880. The number of thiophene rings is 1. The summed E-state index contributed by atoms with van der Waals surface area (Å²) in [4.78, 5) is 11.9. The van der Waals surface area contributed by atoms with Gasteiger partial charge in [0.1, 0.15) is 4.21 Å². The Hall–Kier alpha value is -1.22. The van der Waals surface area contributed by atoms with E-state index < -0.39 is 10.0 Å². The lowest BCUT2D eigenvalue weighted by Gasteiger charge is -2.03. The minimum Gasteiger partial charge on any atom is -0.322 e. The number of amides is 1. The van der Waals surface area contributed by atoms with Gasteiger partial charge in [0, 0.05) is 15.5 Å². The van der Waals surface area contributed by atoms with E-state index in [9.17, 15) is 13.2 Å². The van der Waals surface area contributed by atoms with Gasteiger partial charge >= 0.3 is 0 Å². The van der Waals surface area contributed by atoms with Crippen molar-refractivity contribution in [3.63, 3.8) is 0 Å². The summed E-state index contributed by atoms with van der Waals surface area (Å²) in [7, 11) is -3.76. The van der Waals surface area contributed by atoms with Crippen molar-refractivity contribution < 1.29 is 13.2 Å². The molecule has 0 aliphatic heterocycles. The standard InChI is InChI=1S/C11H9BrN2O3S2/c12-8-1-3-9(4-2-8)14-11(15)7-5-10(18-6-7)19(13,16)17/h1-6H,(H,14,15)(H2,13,16,17). The van der Waals surface area contributed by atoms with Crippen LogP contribution in [0, 0.1) is 0 Å². The largest absolute Gasteiger partial charge is 0.322 e. The van der Waals surface area contributed by atoms with Crippen LogP contribution < -0.4 is 10.5 Å². The van der Waals surface area contributed by atoms with Gasteiger partial charge in [0.15, 0.2) is 0 Å². The number of hydrogen-bond acceptors (Lipinski definition) is 4. The molecule has 8 heteroatoms. The lowest BCUT2D eigenvalue weighted by atomic mass is 10.3. The van der Waals surface area contributed by atoms with Gasteiger partial charge in [0.2, 0.25) is 10.0 Å². The van der Waals surface area contributed by atoms with Gasteiger partial charge in [-0.1, -0.05) is 15.9 Å². The molecule has 1 aromatic heterocycles. The van der Waals surface area contributed by atoms with Gasteiger partial charge in [-0.2, -0.15) is 0 Å². The number of halogens is 1. The minimum atomic E-state index is -3.76. The fraction of sp³-hybridized carbons (Fsp3) is 0. The Labute approximate surface area is 122 Å². The number of primary sulfonamides is 1. The van der Waals surface area contributed by atoms with Crippen LogP contribution in [-0.2, 0) is 10.0 Å². The molecule has 0 atom stereocenters. The van der Waals surface area contributed by atoms with Crippen LogP contribution in [0.15, 0.2) is 44.4 Å². The zero-order valence-corrected chi connectivity index (χ0v) is 12.7. The third-order valence-electron chi connectivity index (χ3n) is 2.22. The number of anilines is 1. The maximum absolute atomic E-state index is 11.9. The summed E-state index contributed by atoms with van der Waals surface area (Å²) in [5.41, 5.74) is 0.883. The second kappa shape index (κ2) is 5.41. The summed E-state index contributed by atoms with van der Waals surface area (Å²) >= 11 is 4.21. The molecule has 100 valence electrons. The van der Waals surface area contributed by atoms with Gasteiger partial charge in [-0.05, 0) is 30.3 Å². The number of carbonyl (C=O) groups is 1. The van der Waals surface area contributed by atoms with Crippen molar-refractivity contribution in [2.45, 2.75) is 4.21 Å². The summed E-state index contributed by atoms with van der Waals surface area (Å²) < 4.78 is 23.1. The van der Waals surface area contributed by atoms with Crippen molar-refractivity contribution in [1.82, 2.24) is 0 Å². The van der Waals surface area contributed by atoms with E-state index in [-0.39, 0.29) is 15.7 Å². The molecule has 1 heterocycles. The van der Waals surface area contributed by atoms with Crippen LogP contribution in [0.1, 0.15) is 10.4 Å². The highest BCUT2D eigenvalue weighted by Crippen LogP contribution is 2.20. The monoisotopic (exact) mass is 360 g/mol. The number of hydrogen-bond donors (Lipinski definition) is 2. The van der Waals surface area contributed by atoms with Crippen molar-refractivity contribution in [1.29, 1.82) is 0 Å². The molecule has 0 saturated carbocycles. The highest BCUT2D eigenvalue weighted by molar-refractivity contribution is 9.10. The number of benzene rings is 1. The summed E-state index contributed by atoms with van der Waals surface area (Å²) in [5, 5.41) is 9.10. The van der Waals surface area contributed by atoms with Gasteiger partial charge < -0.3 is 5.32 Å². The average Bonchev–Trinajstić information content (AvgIpc) is 2.81. The van der Waals surface area contributed by atoms with Crippen molar-refractivity contribution >= 4 is 48.9 Å². The summed E-state index contributed by atoms with van der Waals surface area (Å²) in [6, 6.07) is 8.30. The molecule has 1 aromatic carbocycles. The maximum atomic E-state index is 11.9. The molecule has 2 aromatic rings. The molecule has 2 rings (SSSR count). The van der Waals surface area contributed by atoms with Gasteiger partial charge in [-0.15, -0.1) is 11.3 Å². The van der Waals surface area contributed by atoms with Crippen LogP contribution in [0.4, 0.5) is 5.69 Å². The Bertz CT molecular complexity index is 708. The molecule has 0 spiro atoms. The SMILES string of the molecule is NS(=O)(=O)c1cc(C(=O)Nc2ccc(Br)cc2)cs1. The van der Waals surface area contributed by atoms with E-state index in [1.54, 1.807) is 24.3 Å². The van der Waals surface area contributed by atoms with E-state index >= 15 is 0 Å². The zero-order chi connectivity index (χ0) is 14.0. The molecule has 1 amide bonds. The Kier molecular flexibility index (Phi) is 4.04. The second-order valence-corrected chi connectivity index (χ2v) is 7.28. The molecular weight excluding hydrogens is 352 g/mol. The molecule has 0 radical (unpaired) electrons. The van der Waals surface area contributed by atoms with Crippen LogP contribution in [0.3, 0.4) is 0 Å². The van der Waals surface area contributed by atoms with Crippen molar-refractivity contribution in [2.24, 2.45) is 5.14 Å². The third kappa shape index (κ3) is 3.63. The molecule has 0 unspecified atom stereocenters. The van der Waals surface area contributed by atoms with E-state index in [1.807, 2.05) is 0 Å². The molecule has 19 heavy (non-hydrogen) atoms. The van der Waals surface area contributed by atoms with E-state index in [4.69, 9.17) is 5.14 Å². The van der Waals surface area contributed by atoms with E-state index in [0.29, 0.717) is 5.69 Å². The molecular formula is C11H9BrN2O3S2. The van der Waals surface area contributed by atoms with Crippen LogP contribution in [0.5, 0.6) is 0 Å². The van der Waals surface area contributed by atoms with E-state index in [2.05, 4.69) is 21.2 Å². The van der Waals surface area contributed by atoms with Gasteiger partial charge in [0.05, 0.1) is 5.56 Å². The first-order chi connectivity index (χ1) is 8.86. The Morgan fingerprint density at radius 3 is 2.42 bits per heavy atom. The zero-order valence-electron chi connectivity index (χ0n) is 9.46. The maximum Gasteiger partial charge on any atom is 0.256 e. The fourth-order valence-electron chi connectivity index (χ4n) is 1.32. The first kappa shape index (κ1) is 14.2. The predicted octanol–water partition coefficient (Wildman–Crippen LogP) is 2.41. The van der Waals surface area contributed by atoms with Crippen LogP contribution in [0.25, 0.3) is 0 Å². The third-order valence-corrected chi connectivity index (χ3v) is 5.13. The van der Waals surface area contributed by atoms with Crippen LogP contribution in [0.2, 0.25) is 0 Å². The summed E-state index contributed by atoms with van der Waals surface area (Å²) in [6.45, 7) is 0. The smallest absolute Gasteiger partial charge is 0.256 e. The number of nitrogens with one attached hydrogen (secondary N) is 1. The minimum absolute atomic E-state index is 0.0338. The van der Waals surface area contributed by atoms with Crippen molar-refractivity contribution in [3.8, 4) is 0 Å². The molecule has 0 aliphatic rings. The lowest BCUT2D eigenvalue weighted by molar-refractivity contribution is 0.102. The second-order valence-electron chi connectivity index (χ2n) is 3.66. The summed E-state index contributed by atoms with van der Waals surface area (Å²) in [5.74, 6) is -0.381. The first-order valence-electron chi connectivity index (χ1n) is 5.04. The molecule has 0 bridgehead atoms. The number of sulfonamides is 1. The highest BCUT2D eigenvalue weighted by atomic mass is 79.9. The number of rotatable bonds is 3. The van der Waals surface area contributed by atoms with E-state index in [0.717, 1.165) is 15.8 Å². The number of nitrogens with two attached hydrogens (primary N) is 1.